The van der Waals surface area contributed by atoms with Gasteiger partial charge in [0.25, 0.3) is 0 Å². The van der Waals surface area contributed by atoms with Crippen molar-refractivity contribution in [2.24, 2.45) is 0 Å². The predicted octanol–water partition coefficient (Wildman–Crippen LogP) is 2.83. The van der Waals surface area contributed by atoms with Crippen LogP contribution in [0.15, 0.2) is 53.4 Å². The van der Waals surface area contributed by atoms with Crippen molar-refractivity contribution in [3.8, 4) is 5.75 Å². The minimum Gasteiger partial charge on any atom is -0.497 e. The van der Waals surface area contributed by atoms with E-state index in [-0.39, 0.29) is 35.9 Å². The molecule has 0 radical (unpaired) electrons. The molecule has 0 saturated carbocycles. The van der Waals surface area contributed by atoms with E-state index in [1.54, 1.807) is 43.3 Å². The van der Waals surface area contributed by atoms with Crippen LogP contribution in [0, 0.1) is 0 Å². The van der Waals surface area contributed by atoms with E-state index < -0.39 is 27.9 Å². The van der Waals surface area contributed by atoms with Crippen molar-refractivity contribution in [3.63, 3.8) is 0 Å². The number of benzene rings is 2. The smallest absolute Gasteiger partial charge is 0.308 e. The molecule has 2 rings (SSSR count). The van der Waals surface area contributed by atoms with Crippen molar-refractivity contribution in [2.75, 3.05) is 20.3 Å². The zero-order valence-electron chi connectivity index (χ0n) is 17.3. The maximum Gasteiger partial charge on any atom is 0.308 e. The summed E-state index contributed by atoms with van der Waals surface area (Å²) in [5.41, 5.74) is 0.664. The summed E-state index contributed by atoms with van der Waals surface area (Å²) in [6.07, 6.45) is -0.203. The van der Waals surface area contributed by atoms with Gasteiger partial charge in [0.2, 0.25) is 15.9 Å². The quantitative estimate of drug-likeness (QED) is 0.490. The van der Waals surface area contributed by atoms with E-state index in [0.29, 0.717) is 11.3 Å². The summed E-state index contributed by atoms with van der Waals surface area (Å²) in [6, 6.07) is 12.3. The molecule has 0 fully saturated rings. The Bertz CT molecular complexity index is 1010. The van der Waals surface area contributed by atoms with E-state index in [4.69, 9.17) is 21.1 Å². The average Bonchev–Trinajstić information content (AvgIpc) is 2.73. The molecule has 0 aliphatic heterocycles. The van der Waals surface area contributed by atoms with E-state index in [1.165, 1.54) is 19.2 Å². The predicted molar refractivity (Wildman–Crippen MR) is 116 cm³/mol. The fraction of sp³-hybridized carbons (Fsp3) is 0.333. The minimum absolute atomic E-state index is 0.0614. The SMILES string of the molecule is CCOC(=O)CC(NC(=O)CCNS(=O)(=O)c1ccccc1Cl)c1cccc(OC)c1. The van der Waals surface area contributed by atoms with E-state index in [2.05, 4.69) is 10.0 Å². The van der Waals surface area contributed by atoms with Gasteiger partial charge in [-0.3, -0.25) is 9.59 Å². The molecule has 0 aliphatic carbocycles. The Morgan fingerprint density at radius 3 is 2.55 bits per heavy atom. The number of amides is 1. The monoisotopic (exact) mass is 468 g/mol. The molecule has 1 atom stereocenters. The molecule has 2 aromatic rings. The topological polar surface area (TPSA) is 111 Å². The van der Waals surface area contributed by atoms with Crippen molar-refractivity contribution in [2.45, 2.75) is 30.7 Å². The summed E-state index contributed by atoms with van der Waals surface area (Å²) in [5, 5.41) is 2.84. The second-order valence-electron chi connectivity index (χ2n) is 6.48. The number of rotatable bonds is 11. The highest BCUT2D eigenvalue weighted by molar-refractivity contribution is 7.89. The van der Waals surface area contributed by atoms with Gasteiger partial charge in [-0.05, 0) is 36.8 Å². The third-order valence-corrected chi connectivity index (χ3v) is 6.24. The normalized spacial score (nSPS) is 12.1. The first-order valence-electron chi connectivity index (χ1n) is 9.60. The van der Waals surface area contributed by atoms with Gasteiger partial charge in [-0.15, -0.1) is 0 Å². The lowest BCUT2D eigenvalue weighted by Crippen LogP contribution is -2.34. The number of hydrogen-bond acceptors (Lipinski definition) is 6. The van der Waals surface area contributed by atoms with Crippen LogP contribution in [-0.4, -0.2) is 40.6 Å². The molecule has 0 saturated heterocycles. The summed E-state index contributed by atoms with van der Waals surface area (Å²) < 4.78 is 37.3. The first kappa shape index (κ1) is 24.6. The zero-order valence-corrected chi connectivity index (χ0v) is 18.8. The highest BCUT2D eigenvalue weighted by Crippen LogP contribution is 2.23. The molecule has 1 unspecified atom stereocenters. The molecule has 0 spiro atoms. The largest absolute Gasteiger partial charge is 0.497 e. The van der Waals surface area contributed by atoms with Crippen molar-refractivity contribution in [1.82, 2.24) is 10.0 Å². The summed E-state index contributed by atoms with van der Waals surface area (Å²) in [5.74, 6) is -0.317. The molecule has 0 aromatic heterocycles. The summed E-state index contributed by atoms with van der Waals surface area (Å²) in [7, 11) is -2.34. The van der Waals surface area contributed by atoms with Gasteiger partial charge in [0.05, 0.1) is 31.2 Å². The molecule has 1 amide bonds. The van der Waals surface area contributed by atoms with Crippen LogP contribution in [-0.2, 0) is 24.3 Å². The van der Waals surface area contributed by atoms with Gasteiger partial charge in [0, 0.05) is 13.0 Å². The molecular weight excluding hydrogens is 444 g/mol. The summed E-state index contributed by atoms with van der Waals surface area (Å²) in [6.45, 7) is 1.78. The van der Waals surface area contributed by atoms with E-state index in [0.717, 1.165) is 0 Å². The molecule has 2 N–H and O–H groups in total. The van der Waals surface area contributed by atoms with Gasteiger partial charge in [-0.25, -0.2) is 13.1 Å². The molecule has 0 bridgehead atoms. The number of carbonyl (C=O) groups is 2. The maximum absolute atomic E-state index is 12.5. The van der Waals surface area contributed by atoms with E-state index >= 15 is 0 Å². The van der Waals surface area contributed by atoms with Crippen LogP contribution in [0.1, 0.15) is 31.4 Å². The van der Waals surface area contributed by atoms with Crippen LogP contribution in [0.25, 0.3) is 0 Å². The lowest BCUT2D eigenvalue weighted by Gasteiger charge is -2.19. The van der Waals surface area contributed by atoms with Gasteiger partial charge >= 0.3 is 5.97 Å². The fourth-order valence-electron chi connectivity index (χ4n) is 2.80. The molecule has 168 valence electrons. The number of hydrogen-bond donors (Lipinski definition) is 2. The van der Waals surface area contributed by atoms with Gasteiger partial charge in [-0.2, -0.15) is 0 Å². The Balaban J connectivity index is 2.02. The zero-order chi connectivity index (χ0) is 22.9. The van der Waals surface area contributed by atoms with Crippen molar-refractivity contribution in [3.05, 3.63) is 59.1 Å². The minimum atomic E-state index is -3.86. The average molecular weight is 469 g/mol. The molecule has 8 nitrogen and oxygen atoms in total. The molecule has 31 heavy (non-hydrogen) atoms. The van der Waals surface area contributed by atoms with Crippen LogP contribution in [0.3, 0.4) is 0 Å². The lowest BCUT2D eigenvalue weighted by atomic mass is 10.0. The van der Waals surface area contributed by atoms with Crippen LogP contribution >= 0.6 is 11.6 Å². The third kappa shape index (κ3) is 7.54. The standard InChI is InChI=1S/C21H25ClN2O6S/c1-3-30-21(26)14-18(15-7-6-8-16(13-15)29-2)24-20(25)11-12-23-31(27,28)19-10-5-4-9-17(19)22/h4-10,13,18,23H,3,11-12,14H2,1-2H3,(H,24,25). The number of ether oxygens (including phenoxy) is 2. The molecule has 10 heteroatoms. The van der Waals surface area contributed by atoms with Gasteiger partial charge in [0.1, 0.15) is 10.6 Å². The number of esters is 1. The number of halogens is 1. The Morgan fingerprint density at radius 1 is 1.13 bits per heavy atom. The Morgan fingerprint density at radius 2 is 1.87 bits per heavy atom. The van der Waals surface area contributed by atoms with Crippen LogP contribution < -0.4 is 14.8 Å². The van der Waals surface area contributed by atoms with Gasteiger partial charge in [0.15, 0.2) is 0 Å². The van der Waals surface area contributed by atoms with Crippen LogP contribution in [0.2, 0.25) is 5.02 Å². The highest BCUT2D eigenvalue weighted by Gasteiger charge is 2.21. The van der Waals surface area contributed by atoms with Crippen LogP contribution in [0.4, 0.5) is 0 Å². The number of nitrogens with one attached hydrogen (secondary N) is 2. The third-order valence-electron chi connectivity index (χ3n) is 4.28. The molecular formula is C21H25ClN2O6S. The number of sulfonamides is 1. The van der Waals surface area contributed by atoms with Gasteiger partial charge in [-0.1, -0.05) is 35.9 Å². The Hall–Kier alpha value is -2.62. The first-order chi connectivity index (χ1) is 14.8. The maximum atomic E-state index is 12.5. The Labute approximate surface area is 186 Å². The fourth-order valence-corrected chi connectivity index (χ4v) is 4.35. The number of methoxy groups -OCH3 is 1. The number of carbonyl (C=O) groups excluding carboxylic acids is 2. The van der Waals surface area contributed by atoms with Gasteiger partial charge < -0.3 is 14.8 Å². The Kier molecular flexibility index (Phi) is 9.29. The van der Waals surface area contributed by atoms with Crippen LogP contribution in [0.5, 0.6) is 5.75 Å². The van der Waals surface area contributed by atoms with Crippen molar-refractivity contribution >= 4 is 33.5 Å². The van der Waals surface area contributed by atoms with Crippen molar-refractivity contribution in [1.29, 1.82) is 0 Å². The highest BCUT2D eigenvalue weighted by atomic mass is 35.5. The summed E-state index contributed by atoms with van der Waals surface area (Å²) >= 11 is 5.93. The second kappa shape index (κ2) is 11.7. The lowest BCUT2D eigenvalue weighted by molar-refractivity contribution is -0.143. The molecule has 0 heterocycles. The van der Waals surface area contributed by atoms with E-state index in [1.807, 2.05) is 0 Å². The molecule has 0 aliphatic rings. The molecule has 2 aromatic carbocycles. The van der Waals surface area contributed by atoms with Crippen molar-refractivity contribution < 1.29 is 27.5 Å². The van der Waals surface area contributed by atoms with E-state index in [9.17, 15) is 18.0 Å². The first-order valence-corrected chi connectivity index (χ1v) is 11.5. The summed E-state index contributed by atoms with van der Waals surface area (Å²) in [4.78, 5) is 24.4. The second-order valence-corrected chi connectivity index (χ2v) is 8.63.